The largest absolute Gasteiger partial charge is 0.481 e. The molecule has 0 aromatic heterocycles. The molecule has 0 saturated carbocycles. The van der Waals surface area contributed by atoms with E-state index in [4.69, 9.17) is 5.11 Å². The van der Waals surface area contributed by atoms with Crippen molar-refractivity contribution in [3.63, 3.8) is 0 Å². The molecule has 1 heterocycles. The Hall–Kier alpha value is -1.84. The third-order valence-corrected chi connectivity index (χ3v) is 4.14. The molecule has 0 atom stereocenters. The number of hydrogen-bond donors (Lipinski definition) is 1. The zero-order chi connectivity index (χ0) is 15.2. The van der Waals surface area contributed by atoms with Crippen LogP contribution in [0.25, 0.3) is 0 Å². The third-order valence-electron chi connectivity index (χ3n) is 4.14. The number of carboxylic acid groups (broad SMARTS) is 1. The van der Waals surface area contributed by atoms with Gasteiger partial charge in [-0.1, -0.05) is 29.8 Å². The van der Waals surface area contributed by atoms with Gasteiger partial charge in [0.1, 0.15) is 0 Å². The Bertz CT molecular complexity index is 505. The first-order valence-corrected chi connectivity index (χ1v) is 7.62. The third kappa shape index (κ3) is 4.59. The lowest BCUT2D eigenvalue weighted by Crippen LogP contribution is -2.37. The van der Waals surface area contributed by atoms with Gasteiger partial charge in [-0.25, -0.2) is 0 Å². The lowest BCUT2D eigenvalue weighted by molar-refractivity contribution is -0.137. The normalized spacial score (nSPS) is 16.0. The highest BCUT2D eigenvalue weighted by atomic mass is 16.4. The number of amides is 1. The maximum absolute atomic E-state index is 12.0. The van der Waals surface area contributed by atoms with Crippen LogP contribution in [0.15, 0.2) is 24.3 Å². The smallest absolute Gasteiger partial charge is 0.303 e. The van der Waals surface area contributed by atoms with Gasteiger partial charge in [0.25, 0.3) is 0 Å². The highest BCUT2D eigenvalue weighted by molar-refractivity contribution is 5.77. The SMILES string of the molecule is Cc1cccc(C2CCN(C(=O)CCCC(=O)O)CC2)c1. The van der Waals surface area contributed by atoms with Crippen molar-refractivity contribution in [2.45, 2.75) is 44.9 Å². The predicted molar refractivity (Wildman–Crippen MR) is 81.2 cm³/mol. The van der Waals surface area contributed by atoms with Gasteiger partial charge in [0.15, 0.2) is 0 Å². The minimum atomic E-state index is -0.832. The first kappa shape index (κ1) is 15.5. The van der Waals surface area contributed by atoms with Crippen molar-refractivity contribution in [2.75, 3.05) is 13.1 Å². The van der Waals surface area contributed by atoms with Crippen LogP contribution in [0.2, 0.25) is 0 Å². The molecule has 1 aliphatic heterocycles. The Labute approximate surface area is 125 Å². The van der Waals surface area contributed by atoms with E-state index in [9.17, 15) is 9.59 Å². The van der Waals surface area contributed by atoms with Gasteiger partial charge >= 0.3 is 5.97 Å². The first-order valence-electron chi connectivity index (χ1n) is 7.62. The molecule has 1 amide bonds. The maximum Gasteiger partial charge on any atom is 0.303 e. The summed E-state index contributed by atoms with van der Waals surface area (Å²) in [6.45, 7) is 3.67. The molecule has 114 valence electrons. The van der Waals surface area contributed by atoms with E-state index in [2.05, 4.69) is 31.2 Å². The van der Waals surface area contributed by atoms with Crippen molar-refractivity contribution >= 4 is 11.9 Å². The van der Waals surface area contributed by atoms with Crippen molar-refractivity contribution < 1.29 is 14.7 Å². The lowest BCUT2D eigenvalue weighted by atomic mass is 9.88. The molecular weight excluding hydrogens is 266 g/mol. The summed E-state index contributed by atoms with van der Waals surface area (Å²) in [4.78, 5) is 24.4. The van der Waals surface area contributed by atoms with Gasteiger partial charge in [0, 0.05) is 25.9 Å². The van der Waals surface area contributed by atoms with Crippen LogP contribution in [0.4, 0.5) is 0 Å². The van der Waals surface area contributed by atoms with Crippen molar-refractivity contribution in [2.24, 2.45) is 0 Å². The standard InChI is InChI=1S/C17H23NO3/c1-13-4-2-5-15(12-13)14-8-10-18(11-9-14)16(19)6-3-7-17(20)21/h2,4-5,12,14H,3,6-11H2,1H3,(H,20,21). The zero-order valence-corrected chi connectivity index (χ0v) is 12.5. The topological polar surface area (TPSA) is 57.6 Å². The molecule has 21 heavy (non-hydrogen) atoms. The van der Waals surface area contributed by atoms with Gasteiger partial charge in [-0.15, -0.1) is 0 Å². The van der Waals surface area contributed by atoms with Crippen LogP contribution >= 0.6 is 0 Å². The summed E-state index contributed by atoms with van der Waals surface area (Å²) >= 11 is 0. The molecule has 0 aliphatic carbocycles. The molecule has 1 aromatic carbocycles. The van der Waals surface area contributed by atoms with Gasteiger partial charge in [0.2, 0.25) is 5.91 Å². The quantitative estimate of drug-likeness (QED) is 0.906. The maximum atomic E-state index is 12.0. The van der Waals surface area contributed by atoms with E-state index >= 15 is 0 Å². The Morgan fingerprint density at radius 2 is 1.95 bits per heavy atom. The fraction of sp³-hybridized carbons (Fsp3) is 0.529. The lowest BCUT2D eigenvalue weighted by Gasteiger charge is -2.32. The second-order valence-corrected chi connectivity index (χ2v) is 5.82. The van der Waals surface area contributed by atoms with Crippen LogP contribution in [0, 0.1) is 6.92 Å². The summed E-state index contributed by atoms with van der Waals surface area (Å²) in [5, 5.41) is 8.59. The number of likely N-dealkylation sites (tertiary alicyclic amines) is 1. The predicted octanol–water partition coefficient (Wildman–Crippen LogP) is 2.96. The van der Waals surface area contributed by atoms with Crippen molar-refractivity contribution in [3.05, 3.63) is 35.4 Å². The number of carbonyl (C=O) groups is 2. The molecule has 1 aromatic rings. The number of aryl methyl sites for hydroxylation is 1. The van der Waals surface area contributed by atoms with E-state index < -0.39 is 5.97 Å². The molecule has 4 heteroatoms. The summed E-state index contributed by atoms with van der Waals surface area (Å²) in [7, 11) is 0. The second-order valence-electron chi connectivity index (χ2n) is 5.82. The molecule has 1 N–H and O–H groups in total. The Morgan fingerprint density at radius 1 is 1.24 bits per heavy atom. The van der Waals surface area contributed by atoms with Crippen molar-refractivity contribution in [3.8, 4) is 0 Å². The molecule has 0 unspecified atom stereocenters. The highest BCUT2D eigenvalue weighted by Gasteiger charge is 2.23. The minimum Gasteiger partial charge on any atom is -0.481 e. The Morgan fingerprint density at radius 3 is 2.57 bits per heavy atom. The molecule has 0 bridgehead atoms. The number of carboxylic acids is 1. The fourth-order valence-corrected chi connectivity index (χ4v) is 2.94. The number of aliphatic carboxylic acids is 1. The van der Waals surface area contributed by atoms with Crippen LogP contribution in [-0.4, -0.2) is 35.0 Å². The molecule has 1 aliphatic rings. The summed E-state index contributed by atoms with van der Waals surface area (Å²) < 4.78 is 0. The molecule has 1 saturated heterocycles. The number of hydrogen-bond acceptors (Lipinski definition) is 2. The molecule has 2 rings (SSSR count). The van der Waals surface area contributed by atoms with Gasteiger partial charge in [-0.2, -0.15) is 0 Å². The number of piperidine rings is 1. The molecule has 0 spiro atoms. The van der Waals surface area contributed by atoms with Crippen LogP contribution in [0.5, 0.6) is 0 Å². The van der Waals surface area contributed by atoms with Gasteiger partial charge in [0.05, 0.1) is 0 Å². The van der Waals surface area contributed by atoms with Crippen molar-refractivity contribution in [1.82, 2.24) is 4.90 Å². The van der Waals surface area contributed by atoms with E-state index in [1.807, 2.05) is 4.90 Å². The number of benzene rings is 1. The van der Waals surface area contributed by atoms with E-state index in [0.29, 0.717) is 18.8 Å². The van der Waals surface area contributed by atoms with Crippen molar-refractivity contribution in [1.29, 1.82) is 0 Å². The van der Waals surface area contributed by atoms with Crippen LogP contribution < -0.4 is 0 Å². The van der Waals surface area contributed by atoms with E-state index in [-0.39, 0.29) is 12.3 Å². The fourth-order valence-electron chi connectivity index (χ4n) is 2.94. The van der Waals surface area contributed by atoms with Gasteiger partial charge < -0.3 is 10.0 Å². The summed E-state index contributed by atoms with van der Waals surface area (Å²) in [5.74, 6) is -0.201. The number of rotatable bonds is 5. The molecule has 0 radical (unpaired) electrons. The Kier molecular flexibility index (Phi) is 5.37. The van der Waals surface area contributed by atoms with E-state index in [1.54, 1.807) is 0 Å². The zero-order valence-electron chi connectivity index (χ0n) is 12.5. The highest BCUT2D eigenvalue weighted by Crippen LogP contribution is 2.28. The molecular formula is C17H23NO3. The van der Waals surface area contributed by atoms with E-state index in [0.717, 1.165) is 25.9 Å². The number of carbonyl (C=O) groups excluding carboxylic acids is 1. The minimum absolute atomic E-state index is 0.0749. The number of nitrogens with zero attached hydrogens (tertiary/aromatic N) is 1. The van der Waals surface area contributed by atoms with Gasteiger partial charge in [-0.3, -0.25) is 9.59 Å². The summed E-state index contributed by atoms with van der Waals surface area (Å²) in [5.41, 5.74) is 2.65. The first-order chi connectivity index (χ1) is 10.1. The molecule has 4 nitrogen and oxygen atoms in total. The average Bonchev–Trinajstić information content (AvgIpc) is 2.47. The van der Waals surface area contributed by atoms with Crippen LogP contribution in [-0.2, 0) is 9.59 Å². The monoisotopic (exact) mass is 289 g/mol. The van der Waals surface area contributed by atoms with E-state index in [1.165, 1.54) is 11.1 Å². The van der Waals surface area contributed by atoms with Crippen LogP contribution in [0.3, 0.4) is 0 Å². The van der Waals surface area contributed by atoms with Gasteiger partial charge in [-0.05, 0) is 37.7 Å². The second kappa shape index (κ2) is 7.25. The average molecular weight is 289 g/mol. The molecule has 1 fully saturated rings. The Balaban J connectivity index is 1.80. The summed E-state index contributed by atoms with van der Waals surface area (Å²) in [6, 6.07) is 8.59. The summed E-state index contributed by atoms with van der Waals surface area (Å²) in [6.07, 6.45) is 2.85. The van der Waals surface area contributed by atoms with Crippen LogP contribution in [0.1, 0.15) is 49.1 Å².